The van der Waals surface area contributed by atoms with E-state index >= 15 is 0 Å². The van der Waals surface area contributed by atoms with Gasteiger partial charge in [0.25, 0.3) is 5.91 Å². The molecule has 0 aromatic rings. The summed E-state index contributed by atoms with van der Waals surface area (Å²) in [6.45, 7) is 9.03. The van der Waals surface area contributed by atoms with Crippen LogP contribution in [0.1, 0.15) is 144 Å². The first kappa shape index (κ1) is 43.9. The standard InChI is InChI=1S/C39H66N6O8/c1-6-8-20-29(35(40)49)42-32(47)23-41-37(51)34(48)28(15-7-2)43-36(50)30-22-27(53-39(3,4)5)24-45(30)38(52)33(26-18-13-10-14-19-26)44-31(46)21-25-16-11-9-12-17-25/h25-30,33H,6-24H2,1-5H3,(H2,40,49)(H,41,51)(H,42,47)(H,43,50)(H,44,46). The average Bonchev–Trinajstić information content (AvgIpc) is 3.53. The zero-order valence-corrected chi connectivity index (χ0v) is 32.8. The quantitative estimate of drug-likeness (QED) is 0.124. The van der Waals surface area contributed by atoms with Crippen LogP contribution in [-0.4, -0.2) is 95.1 Å². The Morgan fingerprint density at radius 3 is 2.02 bits per heavy atom. The van der Waals surface area contributed by atoms with E-state index in [1.807, 2.05) is 27.7 Å². The van der Waals surface area contributed by atoms with Crippen molar-refractivity contribution in [3.8, 4) is 0 Å². The van der Waals surface area contributed by atoms with E-state index < -0.39 is 71.8 Å². The van der Waals surface area contributed by atoms with Crippen molar-refractivity contribution in [2.24, 2.45) is 17.6 Å². The van der Waals surface area contributed by atoms with Crippen LogP contribution in [0.5, 0.6) is 0 Å². The fourth-order valence-corrected chi connectivity index (χ4v) is 7.96. The molecule has 0 aromatic heterocycles. The number of likely N-dealkylation sites (tertiary alicyclic amines) is 1. The number of carbonyl (C=O) groups is 7. The van der Waals surface area contributed by atoms with Gasteiger partial charge >= 0.3 is 0 Å². The van der Waals surface area contributed by atoms with E-state index in [1.165, 1.54) is 11.3 Å². The molecule has 14 nitrogen and oxygen atoms in total. The van der Waals surface area contributed by atoms with Crippen molar-refractivity contribution in [3.05, 3.63) is 0 Å². The van der Waals surface area contributed by atoms with Crippen molar-refractivity contribution in [1.82, 2.24) is 26.2 Å². The van der Waals surface area contributed by atoms with Crippen LogP contribution in [0.3, 0.4) is 0 Å². The molecule has 3 rings (SSSR count). The number of unbranched alkanes of at least 4 members (excludes halogenated alkanes) is 1. The minimum absolute atomic E-state index is 0.0574. The van der Waals surface area contributed by atoms with Gasteiger partial charge in [-0.2, -0.15) is 0 Å². The molecule has 3 fully saturated rings. The third kappa shape index (κ3) is 14.3. The predicted octanol–water partition coefficient (Wildman–Crippen LogP) is 2.94. The average molecular weight is 747 g/mol. The Morgan fingerprint density at radius 2 is 1.43 bits per heavy atom. The second kappa shape index (κ2) is 21.4. The number of rotatable bonds is 19. The van der Waals surface area contributed by atoms with Crippen molar-refractivity contribution in [3.63, 3.8) is 0 Å². The van der Waals surface area contributed by atoms with Gasteiger partial charge in [-0.1, -0.05) is 71.6 Å². The molecule has 14 heteroatoms. The summed E-state index contributed by atoms with van der Waals surface area (Å²) in [6, 6.07) is -3.88. The van der Waals surface area contributed by atoms with Crippen LogP contribution in [0.15, 0.2) is 0 Å². The van der Waals surface area contributed by atoms with Crippen LogP contribution in [0, 0.1) is 11.8 Å². The van der Waals surface area contributed by atoms with Gasteiger partial charge in [0.2, 0.25) is 35.3 Å². The molecule has 2 aliphatic carbocycles. The summed E-state index contributed by atoms with van der Waals surface area (Å²) in [5.41, 5.74) is 4.84. The molecule has 1 heterocycles. The molecule has 0 bridgehead atoms. The Balaban J connectivity index is 1.75. The molecule has 0 spiro atoms. The molecule has 0 aromatic carbocycles. The monoisotopic (exact) mass is 746 g/mol. The number of nitrogens with zero attached hydrogens (tertiary/aromatic N) is 1. The van der Waals surface area contributed by atoms with Gasteiger partial charge in [-0.15, -0.1) is 0 Å². The van der Waals surface area contributed by atoms with Gasteiger partial charge < -0.3 is 36.6 Å². The molecular formula is C39H66N6O8. The van der Waals surface area contributed by atoms with E-state index in [9.17, 15) is 33.6 Å². The summed E-state index contributed by atoms with van der Waals surface area (Å²) >= 11 is 0. The molecule has 0 radical (unpaired) electrons. The zero-order chi connectivity index (χ0) is 39.1. The Kier molecular flexibility index (Phi) is 17.7. The van der Waals surface area contributed by atoms with Gasteiger partial charge in [0.15, 0.2) is 0 Å². The Bertz CT molecular complexity index is 1270. The number of amides is 6. The number of carbonyl (C=O) groups excluding carboxylic acids is 7. The Hall–Kier alpha value is -3.55. The van der Waals surface area contributed by atoms with Gasteiger partial charge in [0, 0.05) is 19.4 Å². The fraction of sp³-hybridized carbons (Fsp3) is 0.821. The SMILES string of the molecule is CCCCC(NC(=O)CNC(=O)C(=O)C(CCC)NC(=O)C1CC(OC(C)(C)C)CN1C(=O)C(NC(=O)CC1CCCCC1)C1CCCCC1)C(N)=O. The van der Waals surface area contributed by atoms with E-state index in [1.54, 1.807) is 6.92 Å². The number of primary amides is 1. The molecule has 3 aliphatic rings. The van der Waals surface area contributed by atoms with E-state index in [4.69, 9.17) is 10.5 Å². The molecule has 5 atom stereocenters. The van der Waals surface area contributed by atoms with Crippen molar-refractivity contribution in [1.29, 1.82) is 0 Å². The van der Waals surface area contributed by atoms with Crippen LogP contribution in [-0.2, 0) is 38.3 Å². The minimum atomic E-state index is -1.21. The molecule has 300 valence electrons. The third-order valence-electron chi connectivity index (χ3n) is 10.6. The molecule has 1 saturated heterocycles. The number of Topliss-reactive ketones (excluding diaryl/α,β-unsaturated/α-hetero) is 1. The van der Waals surface area contributed by atoms with Gasteiger partial charge in [-0.3, -0.25) is 33.6 Å². The van der Waals surface area contributed by atoms with Gasteiger partial charge in [-0.25, -0.2) is 0 Å². The van der Waals surface area contributed by atoms with E-state index in [0.29, 0.717) is 31.6 Å². The second-order valence-electron chi connectivity index (χ2n) is 16.3. The van der Waals surface area contributed by atoms with E-state index in [0.717, 1.165) is 64.2 Å². The van der Waals surface area contributed by atoms with Crippen molar-refractivity contribution >= 4 is 41.2 Å². The molecule has 53 heavy (non-hydrogen) atoms. The molecule has 6 amide bonds. The number of nitrogens with two attached hydrogens (primary N) is 1. The van der Waals surface area contributed by atoms with E-state index in [2.05, 4.69) is 21.3 Å². The molecule has 2 saturated carbocycles. The smallest absolute Gasteiger partial charge is 0.290 e. The van der Waals surface area contributed by atoms with Gasteiger partial charge in [0.1, 0.15) is 18.1 Å². The Morgan fingerprint density at radius 1 is 0.792 bits per heavy atom. The number of ether oxygens (including phenoxy) is 1. The lowest BCUT2D eigenvalue weighted by Gasteiger charge is -2.35. The van der Waals surface area contributed by atoms with Crippen LogP contribution in [0.2, 0.25) is 0 Å². The maximum Gasteiger partial charge on any atom is 0.290 e. The number of ketones is 1. The highest BCUT2D eigenvalue weighted by Gasteiger charge is 2.46. The van der Waals surface area contributed by atoms with Crippen LogP contribution < -0.4 is 27.0 Å². The first-order chi connectivity index (χ1) is 25.1. The summed E-state index contributed by atoms with van der Waals surface area (Å²) in [6.07, 6.45) is 12.5. The van der Waals surface area contributed by atoms with E-state index in [-0.39, 0.29) is 37.1 Å². The number of hydrogen-bond acceptors (Lipinski definition) is 8. The minimum Gasteiger partial charge on any atom is -0.371 e. The third-order valence-corrected chi connectivity index (χ3v) is 10.6. The summed E-state index contributed by atoms with van der Waals surface area (Å²) in [5, 5.41) is 10.6. The van der Waals surface area contributed by atoms with Gasteiger partial charge in [-0.05, 0) is 71.1 Å². The first-order valence-corrected chi connectivity index (χ1v) is 20.1. The second-order valence-corrected chi connectivity index (χ2v) is 16.3. The molecule has 1 aliphatic heterocycles. The first-order valence-electron chi connectivity index (χ1n) is 20.1. The van der Waals surface area contributed by atoms with Crippen molar-refractivity contribution in [2.45, 2.75) is 180 Å². The van der Waals surface area contributed by atoms with Gasteiger partial charge in [0.05, 0.1) is 24.3 Å². The topological polar surface area (TPSA) is 206 Å². The summed E-state index contributed by atoms with van der Waals surface area (Å²) < 4.78 is 6.26. The highest BCUT2D eigenvalue weighted by atomic mass is 16.5. The maximum atomic E-state index is 14.6. The van der Waals surface area contributed by atoms with Crippen LogP contribution >= 0.6 is 0 Å². The van der Waals surface area contributed by atoms with Crippen LogP contribution in [0.4, 0.5) is 0 Å². The number of nitrogens with one attached hydrogen (secondary N) is 4. The normalized spacial score (nSPS) is 21.6. The molecule has 5 unspecified atom stereocenters. The zero-order valence-electron chi connectivity index (χ0n) is 32.8. The number of hydrogen-bond donors (Lipinski definition) is 5. The largest absolute Gasteiger partial charge is 0.371 e. The summed E-state index contributed by atoms with van der Waals surface area (Å²) in [4.78, 5) is 94.0. The molecule has 6 N–H and O–H groups in total. The predicted molar refractivity (Wildman–Crippen MR) is 200 cm³/mol. The Labute approximate surface area is 315 Å². The fourth-order valence-electron chi connectivity index (χ4n) is 7.96. The van der Waals surface area contributed by atoms with Crippen LogP contribution in [0.25, 0.3) is 0 Å². The highest BCUT2D eigenvalue weighted by Crippen LogP contribution is 2.32. The maximum absolute atomic E-state index is 14.6. The lowest BCUT2D eigenvalue weighted by molar-refractivity contribution is -0.145. The summed E-state index contributed by atoms with van der Waals surface area (Å²) in [5.74, 6) is -4.17. The summed E-state index contributed by atoms with van der Waals surface area (Å²) in [7, 11) is 0. The lowest BCUT2D eigenvalue weighted by atomic mass is 9.82. The lowest BCUT2D eigenvalue weighted by Crippen LogP contribution is -2.58. The van der Waals surface area contributed by atoms with Crippen molar-refractivity contribution < 1.29 is 38.3 Å². The van der Waals surface area contributed by atoms with Crippen molar-refractivity contribution in [2.75, 3.05) is 13.1 Å². The molecular weight excluding hydrogens is 680 g/mol. The highest BCUT2D eigenvalue weighted by molar-refractivity contribution is 6.38.